The molecule has 0 aromatic heterocycles. The van der Waals surface area contributed by atoms with Gasteiger partial charge in [-0.05, 0) is 67.3 Å². The lowest BCUT2D eigenvalue weighted by atomic mass is 9.89. The van der Waals surface area contributed by atoms with Crippen LogP contribution in [0, 0.1) is 11.3 Å². The number of hydrogen-bond acceptors (Lipinski definition) is 5. The molecule has 1 aliphatic rings. The Kier molecular flexibility index (Phi) is 9.28. The summed E-state index contributed by atoms with van der Waals surface area (Å²) in [5.74, 6) is -1.08. The number of para-hydroxylation sites is 1. The summed E-state index contributed by atoms with van der Waals surface area (Å²) in [5, 5.41) is 15.5. The smallest absolute Gasteiger partial charge is 0.340 e. The van der Waals surface area contributed by atoms with E-state index in [0.717, 1.165) is 37.7 Å². The van der Waals surface area contributed by atoms with E-state index in [-0.39, 0.29) is 17.2 Å². The Bertz CT molecular complexity index is 1080. The standard InChI is InChI=1S/C28H33N3O3/c1-3-5-16-34-28(33)24-12-8-9-13-26(24)31-27(32)23(18-29)19-30-25(4-2)22-15-14-20-10-6-7-11-21(20)17-22/h8-9,12-15,17,19,25,30H,3-7,10-11,16H2,1-2H3,(H,31,32)/b23-19-. The average Bonchev–Trinajstić information content (AvgIpc) is 2.87. The maximum absolute atomic E-state index is 12.8. The highest BCUT2D eigenvalue weighted by molar-refractivity contribution is 6.09. The minimum Gasteiger partial charge on any atom is -0.462 e. The van der Waals surface area contributed by atoms with Crippen molar-refractivity contribution in [3.8, 4) is 6.07 Å². The third-order valence-electron chi connectivity index (χ3n) is 6.10. The van der Waals surface area contributed by atoms with Gasteiger partial charge >= 0.3 is 5.97 Å². The maximum Gasteiger partial charge on any atom is 0.340 e. The summed E-state index contributed by atoms with van der Waals surface area (Å²) in [6, 6.07) is 15.2. The average molecular weight is 460 g/mol. The van der Waals surface area contributed by atoms with Crippen LogP contribution in [0.25, 0.3) is 0 Å². The van der Waals surface area contributed by atoms with Crippen LogP contribution in [0.4, 0.5) is 5.69 Å². The van der Waals surface area contributed by atoms with Gasteiger partial charge in [-0.1, -0.05) is 50.6 Å². The number of rotatable bonds is 10. The normalized spacial score (nSPS) is 13.9. The molecule has 1 amide bonds. The molecule has 0 fully saturated rings. The number of nitriles is 1. The van der Waals surface area contributed by atoms with Gasteiger partial charge in [0, 0.05) is 6.20 Å². The fourth-order valence-corrected chi connectivity index (χ4v) is 4.10. The number of benzene rings is 2. The number of aryl methyl sites for hydroxylation is 2. The van der Waals surface area contributed by atoms with Crippen molar-refractivity contribution in [1.29, 1.82) is 5.26 Å². The van der Waals surface area contributed by atoms with Crippen LogP contribution < -0.4 is 10.6 Å². The van der Waals surface area contributed by atoms with Gasteiger partial charge < -0.3 is 15.4 Å². The molecule has 0 saturated carbocycles. The van der Waals surface area contributed by atoms with Crippen molar-refractivity contribution in [2.75, 3.05) is 11.9 Å². The topological polar surface area (TPSA) is 91.2 Å². The molecular formula is C28H33N3O3. The molecule has 178 valence electrons. The molecule has 1 aliphatic carbocycles. The highest BCUT2D eigenvalue weighted by Crippen LogP contribution is 2.26. The second-order valence-electron chi connectivity index (χ2n) is 8.52. The van der Waals surface area contributed by atoms with Crippen LogP contribution in [0.15, 0.2) is 54.2 Å². The molecular weight excluding hydrogens is 426 g/mol. The Morgan fingerprint density at radius 2 is 1.88 bits per heavy atom. The quantitative estimate of drug-likeness (QED) is 0.209. The SMILES string of the molecule is CCCCOC(=O)c1ccccc1NC(=O)/C(C#N)=C\NC(CC)c1ccc2c(c1)CCCC2. The van der Waals surface area contributed by atoms with E-state index in [2.05, 4.69) is 35.8 Å². The van der Waals surface area contributed by atoms with Crippen molar-refractivity contribution in [2.24, 2.45) is 0 Å². The second-order valence-corrected chi connectivity index (χ2v) is 8.52. The lowest BCUT2D eigenvalue weighted by Gasteiger charge is -2.21. The minimum atomic E-state index is -0.580. The molecule has 3 rings (SSSR count). The first kappa shape index (κ1) is 25.0. The van der Waals surface area contributed by atoms with Gasteiger partial charge in [0.25, 0.3) is 5.91 Å². The third-order valence-corrected chi connectivity index (χ3v) is 6.10. The molecule has 0 aliphatic heterocycles. The maximum atomic E-state index is 12.8. The van der Waals surface area contributed by atoms with E-state index in [1.807, 2.05) is 13.0 Å². The van der Waals surface area contributed by atoms with Gasteiger partial charge in [-0.15, -0.1) is 0 Å². The van der Waals surface area contributed by atoms with Gasteiger partial charge in [-0.2, -0.15) is 5.26 Å². The Hall–Kier alpha value is -3.59. The van der Waals surface area contributed by atoms with E-state index in [9.17, 15) is 14.9 Å². The van der Waals surface area contributed by atoms with Crippen LogP contribution in [-0.2, 0) is 22.4 Å². The fourth-order valence-electron chi connectivity index (χ4n) is 4.10. The monoisotopic (exact) mass is 459 g/mol. The lowest BCUT2D eigenvalue weighted by Crippen LogP contribution is -2.21. The first-order chi connectivity index (χ1) is 16.6. The molecule has 34 heavy (non-hydrogen) atoms. The van der Waals surface area contributed by atoms with Crippen LogP contribution in [-0.4, -0.2) is 18.5 Å². The minimum absolute atomic E-state index is 0.00999. The molecule has 1 atom stereocenters. The summed E-state index contributed by atoms with van der Waals surface area (Å²) in [5.41, 5.74) is 4.48. The first-order valence-electron chi connectivity index (χ1n) is 12.1. The number of ether oxygens (including phenoxy) is 1. The Labute approximate surface area is 202 Å². The van der Waals surface area contributed by atoms with Gasteiger partial charge in [0.05, 0.1) is 23.9 Å². The molecule has 2 N–H and O–H groups in total. The Balaban J connectivity index is 1.70. The van der Waals surface area contributed by atoms with Gasteiger partial charge in [0.15, 0.2) is 0 Å². The number of esters is 1. The number of nitrogens with zero attached hydrogens (tertiary/aromatic N) is 1. The van der Waals surface area contributed by atoms with E-state index in [0.29, 0.717) is 12.3 Å². The summed E-state index contributed by atoms with van der Waals surface area (Å²) in [6.07, 6.45) is 8.65. The number of hydrogen-bond donors (Lipinski definition) is 2. The summed E-state index contributed by atoms with van der Waals surface area (Å²) in [6.45, 7) is 4.41. The number of fused-ring (bicyclic) bond motifs is 1. The number of carbonyl (C=O) groups excluding carboxylic acids is 2. The van der Waals surface area contributed by atoms with E-state index in [1.54, 1.807) is 24.3 Å². The summed E-state index contributed by atoms with van der Waals surface area (Å²) >= 11 is 0. The van der Waals surface area contributed by atoms with E-state index >= 15 is 0 Å². The van der Waals surface area contributed by atoms with Crippen molar-refractivity contribution in [3.63, 3.8) is 0 Å². The molecule has 0 spiro atoms. The predicted molar refractivity (Wildman–Crippen MR) is 133 cm³/mol. The van der Waals surface area contributed by atoms with Crippen molar-refractivity contribution in [3.05, 3.63) is 76.5 Å². The van der Waals surface area contributed by atoms with Gasteiger partial charge in [0.2, 0.25) is 0 Å². The van der Waals surface area contributed by atoms with Crippen LogP contribution in [0.5, 0.6) is 0 Å². The van der Waals surface area contributed by atoms with Crippen LogP contribution >= 0.6 is 0 Å². The summed E-state index contributed by atoms with van der Waals surface area (Å²) in [4.78, 5) is 25.2. The zero-order valence-electron chi connectivity index (χ0n) is 20.0. The Morgan fingerprint density at radius 1 is 1.12 bits per heavy atom. The zero-order chi connectivity index (χ0) is 24.3. The Morgan fingerprint density at radius 3 is 2.62 bits per heavy atom. The number of anilines is 1. The number of amides is 1. The van der Waals surface area contributed by atoms with E-state index in [4.69, 9.17) is 4.74 Å². The largest absolute Gasteiger partial charge is 0.462 e. The molecule has 2 aromatic rings. The van der Waals surface area contributed by atoms with Gasteiger partial charge in [-0.3, -0.25) is 4.79 Å². The molecule has 0 radical (unpaired) electrons. The van der Waals surface area contributed by atoms with Crippen LogP contribution in [0.1, 0.15) is 79.0 Å². The zero-order valence-corrected chi connectivity index (χ0v) is 20.0. The van der Waals surface area contributed by atoms with E-state index in [1.165, 1.54) is 30.2 Å². The highest BCUT2D eigenvalue weighted by Gasteiger charge is 2.18. The molecule has 6 heteroatoms. The highest BCUT2D eigenvalue weighted by atomic mass is 16.5. The van der Waals surface area contributed by atoms with Gasteiger partial charge in [0.1, 0.15) is 11.6 Å². The molecule has 0 bridgehead atoms. The van der Waals surface area contributed by atoms with Crippen LogP contribution in [0.3, 0.4) is 0 Å². The molecule has 0 saturated heterocycles. The predicted octanol–water partition coefficient (Wildman–Crippen LogP) is 5.61. The third kappa shape index (κ3) is 6.48. The number of carbonyl (C=O) groups is 2. The first-order valence-corrected chi connectivity index (χ1v) is 12.1. The van der Waals surface area contributed by atoms with Crippen molar-refractivity contribution in [1.82, 2.24) is 5.32 Å². The molecule has 1 unspecified atom stereocenters. The molecule has 6 nitrogen and oxygen atoms in total. The van der Waals surface area contributed by atoms with E-state index < -0.39 is 11.9 Å². The van der Waals surface area contributed by atoms with Crippen LogP contribution in [0.2, 0.25) is 0 Å². The number of unbranched alkanes of at least 4 members (excludes halogenated alkanes) is 1. The number of nitrogens with one attached hydrogen (secondary N) is 2. The fraction of sp³-hybridized carbons (Fsp3) is 0.393. The van der Waals surface area contributed by atoms with Crippen molar-refractivity contribution in [2.45, 2.75) is 64.8 Å². The lowest BCUT2D eigenvalue weighted by molar-refractivity contribution is -0.112. The van der Waals surface area contributed by atoms with Crippen molar-refractivity contribution < 1.29 is 14.3 Å². The van der Waals surface area contributed by atoms with Gasteiger partial charge in [-0.25, -0.2) is 4.79 Å². The molecule has 2 aromatic carbocycles. The molecule has 0 heterocycles. The van der Waals surface area contributed by atoms with Crippen molar-refractivity contribution >= 4 is 17.6 Å². The second kappa shape index (κ2) is 12.6. The summed E-state index contributed by atoms with van der Waals surface area (Å²) < 4.78 is 5.28. The summed E-state index contributed by atoms with van der Waals surface area (Å²) in [7, 11) is 0.